The van der Waals surface area contributed by atoms with Crippen molar-refractivity contribution in [2.75, 3.05) is 99.2 Å². The number of halogens is 1. The van der Waals surface area contributed by atoms with Crippen LogP contribution in [0.25, 0.3) is 10.4 Å². The molecule has 3 aliphatic heterocycles. The first-order chi connectivity index (χ1) is 35.6. The lowest BCUT2D eigenvalue weighted by Gasteiger charge is -2.39. The number of aliphatic hydroxyl groups excluding tert-OH is 1. The molecule has 5 N–H and O–H groups in total. The fourth-order valence-electron chi connectivity index (χ4n) is 10.0. The number of benzene rings is 3. The zero-order chi connectivity index (χ0) is 52.1. The van der Waals surface area contributed by atoms with Gasteiger partial charge in [-0.1, -0.05) is 48.0 Å². The van der Waals surface area contributed by atoms with Gasteiger partial charge in [0.2, 0.25) is 33.7 Å². The number of amides is 3. The van der Waals surface area contributed by atoms with Gasteiger partial charge in [-0.05, 0) is 92.9 Å². The van der Waals surface area contributed by atoms with Crippen LogP contribution in [0.1, 0.15) is 43.4 Å². The topological polar surface area (TPSA) is 218 Å². The molecule has 4 aliphatic rings. The zero-order valence-corrected chi connectivity index (χ0v) is 44.6. The molecule has 9 rings (SSSR count). The molecule has 3 aromatic carbocycles. The van der Waals surface area contributed by atoms with Crippen LogP contribution >= 0.6 is 22.9 Å². The average molecular weight is 1070 g/mol. The van der Waals surface area contributed by atoms with E-state index in [1.165, 1.54) is 22.4 Å². The number of carbonyl (C=O) groups is 3. The largest absolute Gasteiger partial charge is 0.494 e. The van der Waals surface area contributed by atoms with Crippen LogP contribution in [0.4, 0.5) is 34.5 Å². The molecule has 0 spiro atoms. The average Bonchev–Trinajstić information content (AvgIpc) is 4.03. The second kappa shape index (κ2) is 23.2. The lowest BCUT2D eigenvalue weighted by atomic mass is 9.96. The number of rotatable bonds is 19. The highest BCUT2D eigenvalue weighted by Crippen LogP contribution is 2.37. The van der Waals surface area contributed by atoms with Crippen LogP contribution in [0, 0.1) is 18.8 Å². The van der Waals surface area contributed by atoms with E-state index < -0.39 is 28.2 Å². The van der Waals surface area contributed by atoms with Crippen LogP contribution in [0.2, 0.25) is 5.02 Å². The Morgan fingerprint density at radius 1 is 0.932 bits per heavy atom. The minimum Gasteiger partial charge on any atom is -0.494 e. The van der Waals surface area contributed by atoms with E-state index in [1.807, 2.05) is 54.9 Å². The minimum absolute atomic E-state index is 0.0170. The van der Waals surface area contributed by atoms with Crippen LogP contribution < -0.4 is 35.2 Å². The number of aryl methyl sites for hydroxylation is 1. The van der Waals surface area contributed by atoms with E-state index in [2.05, 4.69) is 50.9 Å². The van der Waals surface area contributed by atoms with Crippen molar-refractivity contribution in [1.82, 2.24) is 40.3 Å². The van der Waals surface area contributed by atoms with Crippen molar-refractivity contribution in [2.45, 2.75) is 63.8 Å². The van der Waals surface area contributed by atoms with E-state index in [0.29, 0.717) is 41.1 Å². The summed E-state index contributed by atoms with van der Waals surface area (Å²) in [5.41, 5.74) is 7.43. The molecule has 22 heteroatoms. The molecule has 2 aromatic heterocycles. The Labute approximate surface area is 441 Å². The normalized spacial score (nSPS) is 19.2. The van der Waals surface area contributed by atoms with Gasteiger partial charge in [0.05, 0.1) is 65.4 Å². The molecular weight excluding hydrogens is 1000 g/mol. The molecule has 3 amide bonds. The lowest BCUT2D eigenvalue weighted by molar-refractivity contribution is -0.142. The van der Waals surface area contributed by atoms with Crippen molar-refractivity contribution in [3.05, 3.63) is 94.7 Å². The molecule has 19 nitrogen and oxygen atoms in total. The van der Waals surface area contributed by atoms with Crippen LogP contribution in [-0.2, 0) is 31.0 Å². The fraction of sp³-hybridized carbons (Fsp3) is 0.462. The van der Waals surface area contributed by atoms with Gasteiger partial charge >= 0.3 is 0 Å². The Morgan fingerprint density at radius 2 is 1.68 bits per heavy atom. The molecule has 5 aromatic rings. The number of aliphatic hydroxyl groups is 1. The number of ether oxygens (including phenoxy) is 1. The van der Waals surface area contributed by atoms with Gasteiger partial charge in [0.25, 0.3) is 0 Å². The fourth-order valence-corrected chi connectivity index (χ4v) is 11.5. The predicted molar refractivity (Wildman–Crippen MR) is 289 cm³/mol. The third-order valence-electron chi connectivity index (χ3n) is 14.5. The van der Waals surface area contributed by atoms with Crippen LogP contribution in [-0.4, -0.2) is 158 Å². The number of hydrogen-bond acceptors (Lipinski definition) is 16. The van der Waals surface area contributed by atoms with E-state index in [9.17, 15) is 27.9 Å². The van der Waals surface area contributed by atoms with Crippen LogP contribution in [0.3, 0.4) is 0 Å². The number of sulfonamides is 1. The number of β-amino-alcohol motifs (C(OH)–C–C–N with tert-alkyl or cyclic N) is 1. The first kappa shape index (κ1) is 52.8. The van der Waals surface area contributed by atoms with E-state index in [1.54, 1.807) is 42.7 Å². The number of hydrogen-bond donors (Lipinski definition) is 5. The summed E-state index contributed by atoms with van der Waals surface area (Å²) in [6, 6.07) is 19.4. The maximum Gasteiger partial charge on any atom is 0.246 e. The van der Waals surface area contributed by atoms with Gasteiger partial charge in [-0.3, -0.25) is 28.5 Å². The molecule has 0 radical (unpaired) electrons. The van der Waals surface area contributed by atoms with Crippen molar-refractivity contribution in [3.63, 3.8) is 0 Å². The molecule has 0 unspecified atom stereocenters. The Morgan fingerprint density at radius 3 is 2.36 bits per heavy atom. The number of piperidine rings is 1. The van der Waals surface area contributed by atoms with Gasteiger partial charge in [0, 0.05) is 71.0 Å². The van der Waals surface area contributed by atoms with Crippen molar-refractivity contribution < 1.29 is 32.6 Å². The minimum atomic E-state index is -3.52. The molecule has 3 atom stereocenters. The second-order valence-electron chi connectivity index (χ2n) is 19.7. The van der Waals surface area contributed by atoms with E-state index in [4.69, 9.17) is 16.3 Å². The third kappa shape index (κ3) is 12.9. The number of methoxy groups -OCH3 is 1. The van der Waals surface area contributed by atoms with Gasteiger partial charge in [-0.15, -0.1) is 11.3 Å². The van der Waals surface area contributed by atoms with Crippen LogP contribution in [0.15, 0.2) is 78.4 Å². The van der Waals surface area contributed by atoms with Gasteiger partial charge in [0.1, 0.15) is 22.9 Å². The summed E-state index contributed by atoms with van der Waals surface area (Å²) in [6.45, 7) is 8.65. The highest BCUT2D eigenvalue weighted by molar-refractivity contribution is 7.92. The summed E-state index contributed by atoms with van der Waals surface area (Å²) < 4.78 is 31.6. The smallest absolute Gasteiger partial charge is 0.246 e. The molecule has 0 bridgehead atoms. The van der Waals surface area contributed by atoms with Crippen LogP contribution in [0.5, 0.6) is 5.75 Å². The summed E-state index contributed by atoms with van der Waals surface area (Å²) in [4.78, 5) is 64.0. The number of para-hydroxylation sites is 2. The van der Waals surface area contributed by atoms with E-state index >= 15 is 0 Å². The number of aromatic nitrogens is 3. The molecule has 1 saturated carbocycles. The van der Waals surface area contributed by atoms with Crippen molar-refractivity contribution in [2.24, 2.45) is 11.8 Å². The molecule has 74 heavy (non-hydrogen) atoms. The number of piperazine rings is 1. The standard InChI is InChI=1S/C52H65ClN12O7S2/c1-33-48(73-32-56-33)37-11-9-34(10-12-37)27-54-50(68)44-26-39(66)30-65(44)51(69)47(36-13-14-36)59-46(67)31-62-19-17-35(18-20-62)29-63-21-23-64(24-22-63)38-15-16-42(45(25-38)72-3)58-52-55-28-40(53)49(60-52)57-41-7-5-6-8-43(41)61(2)74(4,70)71/h5-12,15-16,25,28,32,35-36,39,44,47,66H,13-14,17-24,26-27,29-31H2,1-4H3,(H,54,68)(H,59,67)(H2,55,57,58,60)/t39-,44-,47+/m1/s1. The first-order valence-corrected chi connectivity index (χ1v) is 28.2. The predicted octanol–water partition coefficient (Wildman–Crippen LogP) is 5.46. The number of carbonyl (C=O) groups excluding carboxylic acids is 3. The second-order valence-corrected chi connectivity index (χ2v) is 23.0. The number of nitrogens with one attached hydrogen (secondary N) is 4. The highest BCUT2D eigenvalue weighted by atomic mass is 35.5. The maximum absolute atomic E-state index is 14.1. The summed E-state index contributed by atoms with van der Waals surface area (Å²) in [7, 11) is -0.420. The number of anilines is 6. The Bertz CT molecular complexity index is 2910. The Balaban J connectivity index is 0.711. The summed E-state index contributed by atoms with van der Waals surface area (Å²) in [6.07, 6.45) is 5.55. The first-order valence-electron chi connectivity index (χ1n) is 25.1. The van der Waals surface area contributed by atoms with Gasteiger partial charge in [0.15, 0.2) is 5.82 Å². The Hall–Kier alpha value is -6.10. The van der Waals surface area contributed by atoms with E-state index in [-0.39, 0.29) is 54.1 Å². The van der Waals surface area contributed by atoms with Crippen molar-refractivity contribution in [1.29, 1.82) is 0 Å². The third-order valence-corrected chi connectivity index (χ3v) is 16.9. The monoisotopic (exact) mass is 1070 g/mol. The lowest BCUT2D eigenvalue weighted by Crippen LogP contribution is -2.55. The molecule has 5 heterocycles. The van der Waals surface area contributed by atoms with Crippen molar-refractivity contribution >= 4 is 85.2 Å². The summed E-state index contributed by atoms with van der Waals surface area (Å²) in [5, 5.41) is 23.3. The molecule has 3 saturated heterocycles. The van der Waals surface area contributed by atoms with Gasteiger partial charge < -0.3 is 40.9 Å². The summed E-state index contributed by atoms with van der Waals surface area (Å²) in [5.74, 6) is 0.900. The number of thiazole rings is 1. The Kier molecular flexibility index (Phi) is 16.5. The molecular formula is C52H65ClN12O7S2. The zero-order valence-electron chi connectivity index (χ0n) is 42.2. The number of nitrogens with zero attached hydrogens (tertiary/aromatic N) is 8. The van der Waals surface area contributed by atoms with Crippen molar-refractivity contribution in [3.8, 4) is 16.2 Å². The van der Waals surface area contributed by atoms with Gasteiger partial charge in [-0.2, -0.15) is 4.98 Å². The molecule has 4 fully saturated rings. The molecule has 394 valence electrons. The SMILES string of the molecule is COc1cc(N2CCN(CC3CCN(CC(=O)N[C@H](C(=O)N4C[C@H](O)C[C@@H]4C(=O)NCc4ccc(-c5scnc5C)cc4)C4CC4)CC3)CC2)ccc1Nc1ncc(Cl)c(Nc2ccccc2N(C)S(C)(=O)=O)n1. The van der Waals surface area contributed by atoms with Gasteiger partial charge in [-0.25, -0.2) is 18.4 Å². The maximum atomic E-state index is 14.1. The number of likely N-dealkylation sites (tertiary alicyclic amines) is 2. The van der Waals surface area contributed by atoms with E-state index in [0.717, 1.165) is 105 Å². The highest BCUT2D eigenvalue weighted by Gasteiger charge is 2.46. The molecule has 1 aliphatic carbocycles. The summed E-state index contributed by atoms with van der Waals surface area (Å²) >= 11 is 8.08. The quantitative estimate of drug-likeness (QED) is 0.0694.